The molecular weight excluding hydrogens is 255 g/mol. The molecule has 0 aromatic rings. The minimum atomic E-state index is -0.126. The summed E-state index contributed by atoms with van der Waals surface area (Å²) in [5, 5.41) is 1.43. The molecule has 0 fully saturated rings. The third kappa shape index (κ3) is 3.65. The van der Waals surface area contributed by atoms with E-state index in [0.717, 1.165) is 11.9 Å². The summed E-state index contributed by atoms with van der Waals surface area (Å²) in [7, 11) is 0. The summed E-state index contributed by atoms with van der Waals surface area (Å²) in [6.07, 6.45) is 16.4. The minimum Gasteiger partial charge on any atom is -0.298 e. The number of aldehydes is 1. The molecule has 0 saturated carbocycles. The summed E-state index contributed by atoms with van der Waals surface area (Å²) >= 11 is 0. The van der Waals surface area contributed by atoms with Crippen LogP contribution >= 0.6 is 0 Å². The van der Waals surface area contributed by atoms with Crippen molar-refractivity contribution in [2.45, 2.75) is 19.3 Å². The second-order valence-corrected chi connectivity index (χ2v) is 4.59. The predicted octanol–water partition coefficient (Wildman–Crippen LogP) is 3.22. The third-order valence-corrected chi connectivity index (χ3v) is 3.12. The van der Waals surface area contributed by atoms with Gasteiger partial charge in [0.25, 0.3) is 0 Å². The molecule has 0 bridgehead atoms. The molecule has 2 rings (SSSR count). The van der Waals surface area contributed by atoms with Gasteiger partial charge >= 0.3 is 0 Å². The second-order valence-electron chi connectivity index (χ2n) is 4.59. The lowest BCUT2D eigenvalue weighted by Crippen LogP contribution is -2.26. The molecule has 2 N–H and O–H groups in total. The quantitative estimate of drug-likeness (QED) is 0.487. The lowest BCUT2D eigenvalue weighted by atomic mass is 10.00. The number of nitrogens with zero attached hydrogens (tertiary/aromatic N) is 1. The molecule has 0 atom stereocenters. The maximum absolute atomic E-state index is 13.1. The number of hydrogen-bond acceptors (Lipinski definition) is 3. The van der Waals surface area contributed by atoms with Crippen LogP contribution in [-0.2, 0) is 4.79 Å². The molecule has 0 radical (unpaired) electrons. The van der Waals surface area contributed by atoms with Gasteiger partial charge < -0.3 is 0 Å². The van der Waals surface area contributed by atoms with Gasteiger partial charge in [-0.15, -0.1) is 0 Å². The summed E-state index contributed by atoms with van der Waals surface area (Å²) in [4.78, 5) is 11.3. The highest BCUT2D eigenvalue weighted by Crippen LogP contribution is 2.21. The molecule has 0 saturated heterocycles. The van der Waals surface area contributed by atoms with Crippen molar-refractivity contribution in [3.63, 3.8) is 0 Å². The van der Waals surface area contributed by atoms with Crippen molar-refractivity contribution < 1.29 is 9.18 Å². The van der Waals surface area contributed by atoms with Gasteiger partial charge in [-0.2, -0.15) is 0 Å². The number of carbonyl (C=O) groups excluding carboxylic acids is 1. The molecular formula is C16H17FN2O. The summed E-state index contributed by atoms with van der Waals surface area (Å²) in [6, 6.07) is 0. The van der Waals surface area contributed by atoms with Gasteiger partial charge in [-0.3, -0.25) is 9.80 Å². The van der Waals surface area contributed by atoms with Crippen LogP contribution in [0, 0.1) is 0 Å². The van der Waals surface area contributed by atoms with E-state index in [1.807, 2.05) is 18.2 Å². The minimum absolute atomic E-state index is 0.126. The molecule has 20 heavy (non-hydrogen) atoms. The fraction of sp³-hybridized carbons (Fsp3) is 0.188. The van der Waals surface area contributed by atoms with Crippen LogP contribution in [0.4, 0.5) is 4.39 Å². The standard InChI is InChI=1S/C16H17FN2O/c17-15-7-3-5-13(6-4-8-15)11-14(12-20)16-9-1-2-10-19(16)18/h1-3,5-6,8-10,12H,4,7,11,18H2/b5-3-,13-6+,15-8?,16-14+. The Kier molecular flexibility index (Phi) is 4.85. The normalized spacial score (nSPS) is 25.2. The lowest BCUT2D eigenvalue weighted by Gasteiger charge is -2.20. The van der Waals surface area contributed by atoms with Crippen LogP contribution in [-0.4, -0.2) is 11.3 Å². The van der Waals surface area contributed by atoms with Crippen molar-refractivity contribution in [1.29, 1.82) is 0 Å². The Morgan fingerprint density at radius 1 is 1.35 bits per heavy atom. The summed E-state index contributed by atoms with van der Waals surface area (Å²) in [5.41, 5.74) is 2.27. The van der Waals surface area contributed by atoms with Crippen molar-refractivity contribution in [2.24, 2.45) is 5.84 Å². The first-order chi connectivity index (χ1) is 9.70. The van der Waals surface area contributed by atoms with Crippen LogP contribution in [0.3, 0.4) is 0 Å². The molecule has 0 unspecified atom stereocenters. The first-order valence-corrected chi connectivity index (χ1v) is 6.48. The van der Waals surface area contributed by atoms with E-state index in [4.69, 9.17) is 5.84 Å². The summed E-state index contributed by atoms with van der Waals surface area (Å²) in [6.45, 7) is 0. The van der Waals surface area contributed by atoms with Gasteiger partial charge in [0.2, 0.25) is 0 Å². The predicted molar refractivity (Wildman–Crippen MR) is 77.7 cm³/mol. The number of allylic oxidation sites excluding steroid dienone is 10. The van der Waals surface area contributed by atoms with E-state index in [1.165, 1.54) is 5.01 Å². The van der Waals surface area contributed by atoms with E-state index < -0.39 is 0 Å². The van der Waals surface area contributed by atoms with E-state index in [9.17, 15) is 9.18 Å². The monoisotopic (exact) mass is 272 g/mol. The van der Waals surface area contributed by atoms with Crippen LogP contribution in [0.15, 0.2) is 71.4 Å². The first kappa shape index (κ1) is 14.2. The van der Waals surface area contributed by atoms with E-state index in [0.29, 0.717) is 30.5 Å². The Balaban J connectivity index is 2.21. The Labute approximate surface area is 117 Å². The van der Waals surface area contributed by atoms with Crippen LogP contribution in [0.1, 0.15) is 19.3 Å². The molecule has 2 aliphatic rings. The zero-order valence-corrected chi connectivity index (χ0v) is 11.1. The Bertz CT molecular complexity index is 565. The number of rotatable bonds is 3. The van der Waals surface area contributed by atoms with Gasteiger partial charge in [-0.25, -0.2) is 10.2 Å². The lowest BCUT2D eigenvalue weighted by molar-refractivity contribution is -0.105. The number of carbonyl (C=O) groups is 1. The van der Waals surface area contributed by atoms with Crippen LogP contribution < -0.4 is 5.84 Å². The number of nitrogens with two attached hydrogens (primary N) is 1. The van der Waals surface area contributed by atoms with Gasteiger partial charge in [-0.05, 0) is 30.2 Å². The fourth-order valence-electron chi connectivity index (χ4n) is 2.08. The average Bonchev–Trinajstić information content (AvgIpc) is 2.42. The molecule has 0 spiro atoms. The summed E-state index contributed by atoms with van der Waals surface area (Å²) in [5.74, 6) is 5.69. The summed E-state index contributed by atoms with van der Waals surface area (Å²) < 4.78 is 13.1. The first-order valence-electron chi connectivity index (χ1n) is 6.48. The van der Waals surface area contributed by atoms with Gasteiger partial charge in [0, 0.05) is 24.6 Å². The topological polar surface area (TPSA) is 46.3 Å². The Morgan fingerprint density at radius 3 is 2.95 bits per heavy atom. The van der Waals surface area contributed by atoms with Gasteiger partial charge in [0.05, 0.1) is 5.70 Å². The number of hydrogen-bond donors (Lipinski definition) is 1. The molecule has 104 valence electrons. The highest BCUT2D eigenvalue weighted by atomic mass is 19.1. The van der Waals surface area contributed by atoms with Crippen LogP contribution in [0.25, 0.3) is 0 Å². The Morgan fingerprint density at radius 2 is 2.20 bits per heavy atom. The van der Waals surface area contributed by atoms with Crippen molar-refractivity contribution >= 4 is 6.29 Å². The van der Waals surface area contributed by atoms with Crippen molar-refractivity contribution in [2.75, 3.05) is 0 Å². The van der Waals surface area contributed by atoms with Gasteiger partial charge in [0.15, 0.2) is 0 Å². The molecule has 3 nitrogen and oxygen atoms in total. The smallest absolute Gasteiger partial charge is 0.148 e. The maximum atomic E-state index is 13.1. The van der Waals surface area contributed by atoms with E-state index in [2.05, 4.69) is 0 Å². The van der Waals surface area contributed by atoms with Crippen molar-refractivity contribution in [3.05, 3.63) is 71.4 Å². The van der Waals surface area contributed by atoms with Crippen LogP contribution in [0.5, 0.6) is 0 Å². The largest absolute Gasteiger partial charge is 0.298 e. The zero-order valence-electron chi connectivity index (χ0n) is 11.1. The molecule has 0 aromatic heterocycles. The van der Waals surface area contributed by atoms with Crippen molar-refractivity contribution in [1.82, 2.24) is 5.01 Å². The number of hydrazine groups is 1. The van der Waals surface area contributed by atoms with Crippen LogP contribution in [0.2, 0.25) is 0 Å². The highest BCUT2D eigenvalue weighted by Gasteiger charge is 2.11. The maximum Gasteiger partial charge on any atom is 0.148 e. The molecule has 0 aromatic carbocycles. The van der Waals surface area contributed by atoms with Gasteiger partial charge in [0.1, 0.15) is 12.1 Å². The number of halogens is 1. The fourth-order valence-corrected chi connectivity index (χ4v) is 2.08. The highest BCUT2D eigenvalue weighted by molar-refractivity contribution is 5.76. The van der Waals surface area contributed by atoms with E-state index in [-0.39, 0.29) is 5.83 Å². The van der Waals surface area contributed by atoms with Gasteiger partial charge in [-0.1, -0.05) is 24.3 Å². The van der Waals surface area contributed by atoms with E-state index >= 15 is 0 Å². The molecule has 1 aliphatic heterocycles. The molecule has 1 aliphatic carbocycles. The molecule has 1 heterocycles. The van der Waals surface area contributed by atoms with E-state index in [1.54, 1.807) is 30.5 Å². The molecule has 0 amide bonds. The van der Waals surface area contributed by atoms with Crippen molar-refractivity contribution in [3.8, 4) is 0 Å². The second kappa shape index (κ2) is 6.82. The molecule has 4 heteroatoms. The zero-order chi connectivity index (χ0) is 14.4. The third-order valence-electron chi connectivity index (χ3n) is 3.12. The Hall–Kier alpha value is -2.20. The SMILES string of the molecule is NN1C=CC=C/C1=C(\C=O)CC1=C/CC=C(F)C/C=C\1. The average molecular weight is 272 g/mol.